The third-order valence-corrected chi connectivity index (χ3v) is 2.52. The van der Waals surface area contributed by atoms with Crippen molar-refractivity contribution >= 4 is 5.97 Å². The first-order valence-electron chi connectivity index (χ1n) is 5.29. The molecule has 0 spiro atoms. The predicted molar refractivity (Wildman–Crippen MR) is 53.8 cm³/mol. The van der Waals surface area contributed by atoms with Crippen LogP contribution in [0.1, 0.15) is 26.7 Å². The average Bonchev–Trinajstić information content (AvgIpc) is 2.12. The van der Waals surface area contributed by atoms with Gasteiger partial charge >= 0.3 is 5.97 Å². The predicted octanol–water partition coefficient (Wildman–Crippen LogP) is -0.277. The average molecular weight is 234 g/mol. The molecule has 1 heterocycles. The molecule has 1 aliphatic rings. The minimum atomic E-state index is -0.967. The Labute approximate surface area is 93.8 Å². The number of carbonyl (C=O) groups is 1. The number of rotatable bonds is 4. The largest absolute Gasteiger partial charge is 0.481 e. The number of carboxylic acids is 1. The lowest BCUT2D eigenvalue weighted by molar-refractivity contribution is -0.273. The zero-order valence-electron chi connectivity index (χ0n) is 9.37. The van der Waals surface area contributed by atoms with Gasteiger partial charge in [-0.1, -0.05) is 0 Å². The van der Waals surface area contributed by atoms with E-state index in [0.717, 1.165) is 0 Å². The van der Waals surface area contributed by atoms with Gasteiger partial charge in [-0.05, 0) is 13.8 Å². The van der Waals surface area contributed by atoms with Crippen LogP contribution < -0.4 is 0 Å². The lowest BCUT2D eigenvalue weighted by Gasteiger charge is -2.36. The van der Waals surface area contributed by atoms with Crippen molar-refractivity contribution in [1.82, 2.24) is 0 Å². The van der Waals surface area contributed by atoms with Gasteiger partial charge in [-0.2, -0.15) is 0 Å². The lowest BCUT2D eigenvalue weighted by Crippen LogP contribution is -2.48. The first-order valence-corrected chi connectivity index (χ1v) is 5.29. The summed E-state index contributed by atoms with van der Waals surface area (Å²) in [5.41, 5.74) is 0. The maximum atomic E-state index is 10.4. The second-order valence-electron chi connectivity index (χ2n) is 4.12. The van der Waals surface area contributed by atoms with Gasteiger partial charge in [0.05, 0.1) is 24.7 Å². The van der Waals surface area contributed by atoms with Crippen molar-refractivity contribution in [2.45, 2.75) is 57.4 Å². The molecule has 6 nitrogen and oxygen atoms in total. The molecule has 1 aliphatic heterocycles. The summed E-state index contributed by atoms with van der Waals surface area (Å²) in [5, 5.41) is 27.5. The second-order valence-corrected chi connectivity index (χ2v) is 4.12. The molecule has 0 bridgehead atoms. The van der Waals surface area contributed by atoms with E-state index in [9.17, 15) is 15.0 Å². The second kappa shape index (κ2) is 5.58. The molecule has 16 heavy (non-hydrogen) atoms. The molecule has 0 radical (unpaired) electrons. The molecule has 94 valence electrons. The fraction of sp³-hybridized carbons (Fsp3) is 0.900. The zero-order chi connectivity index (χ0) is 12.3. The quantitative estimate of drug-likeness (QED) is 0.619. The van der Waals surface area contributed by atoms with Gasteiger partial charge in [0.25, 0.3) is 0 Å². The van der Waals surface area contributed by atoms with E-state index in [-0.39, 0.29) is 12.8 Å². The summed E-state index contributed by atoms with van der Waals surface area (Å²) in [6, 6.07) is 0. The highest BCUT2D eigenvalue weighted by Gasteiger charge is 2.35. The van der Waals surface area contributed by atoms with E-state index in [2.05, 4.69) is 0 Å². The fourth-order valence-electron chi connectivity index (χ4n) is 1.59. The molecule has 0 amide bonds. The Bertz CT molecular complexity index is 243. The van der Waals surface area contributed by atoms with Gasteiger partial charge in [-0.25, -0.2) is 0 Å². The van der Waals surface area contributed by atoms with Crippen molar-refractivity contribution < 1.29 is 29.6 Å². The van der Waals surface area contributed by atoms with E-state index >= 15 is 0 Å². The Kier molecular flexibility index (Phi) is 4.67. The van der Waals surface area contributed by atoms with Crippen LogP contribution in [0.4, 0.5) is 0 Å². The van der Waals surface area contributed by atoms with Crippen molar-refractivity contribution in [3.05, 3.63) is 0 Å². The van der Waals surface area contributed by atoms with Crippen LogP contribution >= 0.6 is 0 Å². The number of ether oxygens (including phenoxy) is 2. The van der Waals surface area contributed by atoms with Gasteiger partial charge in [0, 0.05) is 6.42 Å². The third-order valence-electron chi connectivity index (χ3n) is 2.52. The van der Waals surface area contributed by atoms with Crippen LogP contribution in [0, 0.1) is 0 Å². The number of hydrogen-bond donors (Lipinski definition) is 3. The Balaban J connectivity index is 2.44. The summed E-state index contributed by atoms with van der Waals surface area (Å²) in [4.78, 5) is 10.4. The molecule has 1 unspecified atom stereocenters. The Morgan fingerprint density at radius 1 is 1.50 bits per heavy atom. The Morgan fingerprint density at radius 2 is 2.12 bits per heavy atom. The summed E-state index contributed by atoms with van der Waals surface area (Å²) in [6.45, 7) is 3.27. The maximum Gasteiger partial charge on any atom is 0.305 e. The SMILES string of the molecule is CC1O[C@@H](O[C@H](C)CC(=O)O)[C@H](O)C[C@H]1O. The summed E-state index contributed by atoms with van der Waals surface area (Å²) < 4.78 is 10.5. The van der Waals surface area contributed by atoms with Crippen LogP contribution in [0.5, 0.6) is 0 Å². The Hall–Kier alpha value is -0.690. The molecule has 0 aromatic rings. The van der Waals surface area contributed by atoms with Gasteiger partial charge in [-0.3, -0.25) is 4.79 Å². The monoisotopic (exact) mass is 234 g/mol. The molecule has 1 fully saturated rings. The minimum Gasteiger partial charge on any atom is -0.481 e. The zero-order valence-corrected chi connectivity index (χ0v) is 9.37. The Morgan fingerprint density at radius 3 is 2.69 bits per heavy atom. The van der Waals surface area contributed by atoms with Gasteiger partial charge < -0.3 is 24.8 Å². The summed E-state index contributed by atoms with van der Waals surface area (Å²) in [7, 11) is 0. The van der Waals surface area contributed by atoms with Crippen LogP contribution in [0.25, 0.3) is 0 Å². The van der Waals surface area contributed by atoms with Gasteiger partial charge in [0.1, 0.15) is 6.10 Å². The van der Waals surface area contributed by atoms with Gasteiger partial charge in [0.15, 0.2) is 6.29 Å². The van der Waals surface area contributed by atoms with E-state index < -0.39 is 36.7 Å². The number of carboxylic acid groups (broad SMARTS) is 1. The smallest absolute Gasteiger partial charge is 0.305 e. The number of aliphatic hydroxyl groups excluding tert-OH is 2. The van der Waals surface area contributed by atoms with E-state index in [1.807, 2.05) is 0 Å². The van der Waals surface area contributed by atoms with Crippen LogP contribution in [0.3, 0.4) is 0 Å². The summed E-state index contributed by atoms with van der Waals surface area (Å²) >= 11 is 0. The van der Waals surface area contributed by atoms with E-state index in [0.29, 0.717) is 0 Å². The fourth-order valence-corrected chi connectivity index (χ4v) is 1.59. The van der Waals surface area contributed by atoms with E-state index in [4.69, 9.17) is 14.6 Å². The highest BCUT2D eigenvalue weighted by molar-refractivity contribution is 5.67. The molecule has 5 atom stereocenters. The van der Waals surface area contributed by atoms with Crippen LogP contribution in [0.15, 0.2) is 0 Å². The molecule has 0 saturated carbocycles. The van der Waals surface area contributed by atoms with Crippen LogP contribution in [0.2, 0.25) is 0 Å². The highest BCUT2D eigenvalue weighted by atomic mass is 16.7. The molecule has 0 aliphatic carbocycles. The number of aliphatic hydroxyl groups is 2. The highest BCUT2D eigenvalue weighted by Crippen LogP contribution is 2.22. The van der Waals surface area contributed by atoms with Crippen molar-refractivity contribution in [2.75, 3.05) is 0 Å². The van der Waals surface area contributed by atoms with Crippen molar-refractivity contribution in [1.29, 1.82) is 0 Å². The lowest BCUT2D eigenvalue weighted by atomic mass is 10.0. The molecule has 0 aromatic carbocycles. The number of hydrogen-bond acceptors (Lipinski definition) is 5. The molecule has 3 N–H and O–H groups in total. The van der Waals surface area contributed by atoms with Crippen molar-refractivity contribution in [3.8, 4) is 0 Å². The molecule has 6 heteroatoms. The number of aliphatic carboxylic acids is 1. The molecular formula is C10H18O6. The van der Waals surface area contributed by atoms with Crippen molar-refractivity contribution in [2.24, 2.45) is 0 Å². The third kappa shape index (κ3) is 3.71. The normalized spacial score (nSPS) is 37.0. The van der Waals surface area contributed by atoms with Gasteiger partial charge in [0.2, 0.25) is 0 Å². The first-order chi connectivity index (χ1) is 7.40. The maximum absolute atomic E-state index is 10.4. The van der Waals surface area contributed by atoms with E-state index in [1.165, 1.54) is 0 Å². The summed E-state index contributed by atoms with van der Waals surface area (Å²) in [6.07, 6.45) is -3.46. The molecular weight excluding hydrogens is 216 g/mol. The minimum absolute atomic E-state index is 0.149. The molecule has 0 aromatic heterocycles. The van der Waals surface area contributed by atoms with E-state index in [1.54, 1.807) is 13.8 Å². The standard InChI is InChI=1S/C10H18O6/c1-5(3-9(13)14)15-10-8(12)4-7(11)6(2)16-10/h5-8,10-12H,3-4H2,1-2H3,(H,13,14)/t5-,6?,7-,8-,10-/m1/s1. The molecule has 1 rings (SSSR count). The topological polar surface area (TPSA) is 96.2 Å². The van der Waals surface area contributed by atoms with Gasteiger partial charge in [-0.15, -0.1) is 0 Å². The van der Waals surface area contributed by atoms with Crippen LogP contribution in [-0.2, 0) is 14.3 Å². The van der Waals surface area contributed by atoms with Crippen molar-refractivity contribution in [3.63, 3.8) is 0 Å². The summed E-state index contributed by atoms with van der Waals surface area (Å²) in [5.74, 6) is -0.967. The molecule has 1 saturated heterocycles. The van der Waals surface area contributed by atoms with Crippen LogP contribution in [-0.4, -0.2) is 52.0 Å². The first kappa shape index (κ1) is 13.4.